The van der Waals surface area contributed by atoms with Gasteiger partial charge in [0.15, 0.2) is 0 Å². The molecule has 8 aromatic carbocycles. The lowest BCUT2D eigenvalue weighted by Gasteiger charge is -2.12. The quantitative estimate of drug-likeness (QED) is 0.172. The molecule has 242 valence electrons. The predicted octanol–water partition coefficient (Wildman–Crippen LogP) is 12.3. The summed E-state index contributed by atoms with van der Waals surface area (Å²) in [4.78, 5) is 10.4. The van der Waals surface area contributed by atoms with Crippen LogP contribution in [0.3, 0.4) is 0 Å². The second-order valence-electron chi connectivity index (χ2n) is 13.4. The average Bonchev–Trinajstić information content (AvgIpc) is 3.74. The van der Waals surface area contributed by atoms with Crippen molar-refractivity contribution in [1.82, 2.24) is 19.1 Å². The third kappa shape index (κ3) is 4.28. The molecule has 3 heterocycles. The highest BCUT2D eigenvalue weighted by molar-refractivity contribution is 6.26. The fraction of sp³-hybridized carbons (Fsp3) is 0. The van der Waals surface area contributed by atoms with E-state index in [4.69, 9.17) is 9.97 Å². The van der Waals surface area contributed by atoms with Crippen molar-refractivity contribution in [3.05, 3.63) is 182 Å². The molecule has 0 N–H and O–H groups in total. The zero-order valence-corrected chi connectivity index (χ0v) is 28.1. The molecule has 0 unspecified atom stereocenters. The fourth-order valence-corrected chi connectivity index (χ4v) is 8.20. The Labute approximate surface area is 299 Å². The van der Waals surface area contributed by atoms with Crippen molar-refractivity contribution in [2.75, 3.05) is 0 Å². The van der Waals surface area contributed by atoms with Gasteiger partial charge in [0, 0.05) is 38.4 Å². The van der Waals surface area contributed by atoms with E-state index in [1.165, 1.54) is 60.2 Å². The van der Waals surface area contributed by atoms with Crippen LogP contribution in [0.5, 0.6) is 0 Å². The minimum Gasteiger partial charge on any atom is -0.309 e. The maximum atomic E-state index is 5.22. The predicted molar refractivity (Wildman–Crippen MR) is 216 cm³/mol. The minimum atomic E-state index is 0.653. The van der Waals surface area contributed by atoms with Gasteiger partial charge in [-0.3, -0.25) is 4.57 Å². The van der Waals surface area contributed by atoms with Crippen molar-refractivity contribution in [1.29, 1.82) is 0 Å². The average molecular weight is 663 g/mol. The van der Waals surface area contributed by atoms with Crippen LogP contribution in [-0.4, -0.2) is 19.1 Å². The highest BCUT2D eigenvalue weighted by atomic mass is 15.2. The Hall–Kier alpha value is -7.04. The second-order valence-corrected chi connectivity index (χ2v) is 13.4. The van der Waals surface area contributed by atoms with E-state index in [0.717, 1.165) is 33.5 Å². The molecular formula is C48H30N4. The monoisotopic (exact) mass is 662 g/mol. The van der Waals surface area contributed by atoms with Gasteiger partial charge < -0.3 is 4.57 Å². The van der Waals surface area contributed by atoms with E-state index in [-0.39, 0.29) is 0 Å². The molecule has 3 aromatic heterocycles. The van der Waals surface area contributed by atoms with Crippen LogP contribution < -0.4 is 0 Å². The summed E-state index contributed by atoms with van der Waals surface area (Å²) >= 11 is 0. The smallest absolute Gasteiger partial charge is 0.235 e. The van der Waals surface area contributed by atoms with Crippen LogP contribution >= 0.6 is 0 Å². The molecule has 0 spiro atoms. The van der Waals surface area contributed by atoms with Crippen molar-refractivity contribution in [2.24, 2.45) is 0 Å². The molecule has 0 fully saturated rings. The van der Waals surface area contributed by atoms with Crippen molar-refractivity contribution in [3.8, 4) is 45.3 Å². The Morgan fingerprint density at radius 1 is 0.346 bits per heavy atom. The van der Waals surface area contributed by atoms with Gasteiger partial charge in [-0.25, -0.2) is 9.97 Å². The highest BCUT2D eigenvalue weighted by Gasteiger charge is 2.21. The lowest BCUT2D eigenvalue weighted by atomic mass is 9.94. The van der Waals surface area contributed by atoms with Gasteiger partial charge in [0.2, 0.25) is 5.95 Å². The van der Waals surface area contributed by atoms with Crippen LogP contribution in [0.15, 0.2) is 182 Å². The summed E-state index contributed by atoms with van der Waals surface area (Å²) in [6, 6.07) is 64.8. The molecule has 0 saturated carbocycles. The lowest BCUT2D eigenvalue weighted by Crippen LogP contribution is -2.03. The zero-order chi connectivity index (χ0) is 34.2. The first-order valence-electron chi connectivity index (χ1n) is 17.7. The van der Waals surface area contributed by atoms with Gasteiger partial charge in [0.1, 0.15) is 0 Å². The van der Waals surface area contributed by atoms with Crippen LogP contribution in [0.1, 0.15) is 0 Å². The number of para-hydroxylation sites is 2. The Morgan fingerprint density at radius 2 is 0.962 bits per heavy atom. The topological polar surface area (TPSA) is 35.6 Å². The van der Waals surface area contributed by atoms with E-state index in [9.17, 15) is 0 Å². The van der Waals surface area contributed by atoms with Gasteiger partial charge >= 0.3 is 0 Å². The molecule has 11 rings (SSSR count). The molecule has 0 bridgehead atoms. The summed E-state index contributed by atoms with van der Waals surface area (Å²) in [5.41, 5.74) is 12.1. The molecule has 0 atom stereocenters. The van der Waals surface area contributed by atoms with Crippen LogP contribution in [0, 0.1) is 0 Å². The number of aromatic nitrogens is 4. The van der Waals surface area contributed by atoms with Crippen molar-refractivity contribution in [2.45, 2.75) is 0 Å². The maximum Gasteiger partial charge on any atom is 0.235 e. The maximum absolute atomic E-state index is 5.22. The summed E-state index contributed by atoms with van der Waals surface area (Å²) in [7, 11) is 0. The third-order valence-electron chi connectivity index (χ3n) is 10.5. The van der Waals surface area contributed by atoms with Crippen LogP contribution in [-0.2, 0) is 0 Å². The van der Waals surface area contributed by atoms with Gasteiger partial charge in [0.25, 0.3) is 0 Å². The summed E-state index contributed by atoms with van der Waals surface area (Å²) in [6.07, 6.45) is 0. The van der Waals surface area contributed by atoms with Crippen molar-refractivity contribution >= 4 is 54.4 Å². The molecule has 0 saturated heterocycles. The number of rotatable bonds is 5. The number of benzene rings is 8. The standard InChI is InChI=1S/C48H30N4/c1-4-13-31(14-5-1)40-30-41(32-15-6-2-7-16-32)50-48(49-40)52-42-21-11-10-20-37(42)39-29-34(24-27-43(39)52)36-26-28-45-47-38(36)25-23-33-17-12-22-44(46(33)47)51(45)35-18-8-3-9-19-35/h1-30H. The van der Waals surface area contributed by atoms with E-state index in [2.05, 4.69) is 179 Å². The molecule has 11 aromatic rings. The first-order chi connectivity index (χ1) is 25.8. The van der Waals surface area contributed by atoms with Gasteiger partial charge in [-0.15, -0.1) is 0 Å². The Bertz CT molecular complexity index is 3040. The van der Waals surface area contributed by atoms with Gasteiger partial charge in [0.05, 0.1) is 33.5 Å². The molecular weight excluding hydrogens is 633 g/mol. The van der Waals surface area contributed by atoms with Crippen molar-refractivity contribution < 1.29 is 0 Å². The zero-order valence-electron chi connectivity index (χ0n) is 28.1. The third-order valence-corrected chi connectivity index (χ3v) is 10.5. The summed E-state index contributed by atoms with van der Waals surface area (Å²) in [6.45, 7) is 0. The molecule has 0 amide bonds. The van der Waals surface area contributed by atoms with E-state index >= 15 is 0 Å². The van der Waals surface area contributed by atoms with Crippen LogP contribution in [0.2, 0.25) is 0 Å². The Balaban J connectivity index is 1.14. The van der Waals surface area contributed by atoms with Gasteiger partial charge in [-0.2, -0.15) is 0 Å². The largest absolute Gasteiger partial charge is 0.309 e. The van der Waals surface area contributed by atoms with E-state index in [0.29, 0.717) is 5.95 Å². The van der Waals surface area contributed by atoms with Crippen LogP contribution in [0.25, 0.3) is 99.7 Å². The molecule has 0 aliphatic rings. The highest BCUT2D eigenvalue weighted by Crippen LogP contribution is 2.43. The molecule has 0 aliphatic heterocycles. The SMILES string of the molecule is c1ccc(-c2cc(-c3ccccc3)nc(-n3c4ccccc4c4cc(-c5ccc6c7c5ccc5cccc(c57)n6-c5ccccc5)ccc43)n2)cc1. The molecule has 4 nitrogen and oxygen atoms in total. The van der Waals surface area contributed by atoms with Crippen LogP contribution in [0.4, 0.5) is 0 Å². The first kappa shape index (κ1) is 28.8. The second kappa shape index (κ2) is 11.2. The number of fused-ring (bicyclic) bond motifs is 3. The fourth-order valence-electron chi connectivity index (χ4n) is 8.20. The van der Waals surface area contributed by atoms with Crippen molar-refractivity contribution in [3.63, 3.8) is 0 Å². The number of hydrogen-bond acceptors (Lipinski definition) is 2. The van der Waals surface area contributed by atoms with E-state index in [1.54, 1.807) is 0 Å². The Kier molecular flexibility index (Phi) is 6.22. The van der Waals surface area contributed by atoms with Gasteiger partial charge in [-0.05, 0) is 70.4 Å². The summed E-state index contributed by atoms with van der Waals surface area (Å²) in [5.74, 6) is 0.653. The molecule has 52 heavy (non-hydrogen) atoms. The van der Waals surface area contributed by atoms with Gasteiger partial charge in [-0.1, -0.05) is 133 Å². The summed E-state index contributed by atoms with van der Waals surface area (Å²) < 4.78 is 4.62. The number of nitrogens with zero attached hydrogens (tertiary/aromatic N) is 4. The number of hydrogen-bond donors (Lipinski definition) is 0. The molecule has 4 heteroatoms. The normalized spacial score (nSPS) is 11.8. The van der Waals surface area contributed by atoms with E-state index < -0.39 is 0 Å². The first-order valence-corrected chi connectivity index (χ1v) is 17.7. The van der Waals surface area contributed by atoms with E-state index in [1.807, 2.05) is 12.1 Å². The molecule has 0 radical (unpaired) electrons. The summed E-state index contributed by atoms with van der Waals surface area (Å²) in [5, 5.41) is 7.46. The lowest BCUT2D eigenvalue weighted by molar-refractivity contribution is 0.995. The minimum absolute atomic E-state index is 0.653. The molecule has 0 aliphatic carbocycles. The Morgan fingerprint density at radius 3 is 1.71 bits per heavy atom.